The zero-order valence-electron chi connectivity index (χ0n) is 11.8. The zero-order chi connectivity index (χ0) is 14.5. The van der Waals surface area contributed by atoms with Crippen LogP contribution in [0.5, 0.6) is 0 Å². The van der Waals surface area contributed by atoms with E-state index in [4.69, 9.17) is 11.6 Å². The molecule has 0 unspecified atom stereocenters. The maximum Gasteiger partial charge on any atom is 0.251 e. The SMILES string of the molecule is CCC(CC)(CO)CNC(=O)c1ccc(Cl)c(C)c1. The van der Waals surface area contributed by atoms with Crippen molar-refractivity contribution in [1.29, 1.82) is 0 Å². The number of aryl methyl sites for hydroxylation is 1. The summed E-state index contributed by atoms with van der Waals surface area (Å²) in [5.41, 5.74) is 1.26. The maximum atomic E-state index is 12.1. The van der Waals surface area contributed by atoms with Crippen molar-refractivity contribution >= 4 is 17.5 Å². The van der Waals surface area contributed by atoms with Crippen molar-refractivity contribution in [1.82, 2.24) is 5.32 Å². The van der Waals surface area contributed by atoms with E-state index in [0.717, 1.165) is 18.4 Å². The van der Waals surface area contributed by atoms with Crippen molar-refractivity contribution in [3.8, 4) is 0 Å². The molecule has 3 nitrogen and oxygen atoms in total. The van der Waals surface area contributed by atoms with Crippen LogP contribution >= 0.6 is 11.6 Å². The Hall–Kier alpha value is -1.06. The van der Waals surface area contributed by atoms with Gasteiger partial charge in [-0.15, -0.1) is 0 Å². The smallest absolute Gasteiger partial charge is 0.251 e. The summed E-state index contributed by atoms with van der Waals surface area (Å²) in [4.78, 5) is 12.1. The lowest BCUT2D eigenvalue weighted by Gasteiger charge is -2.29. The Bertz CT molecular complexity index is 434. The van der Waals surface area contributed by atoms with Gasteiger partial charge in [0.15, 0.2) is 0 Å². The van der Waals surface area contributed by atoms with Gasteiger partial charge in [0.2, 0.25) is 0 Å². The van der Waals surface area contributed by atoms with Crippen LogP contribution in [0.2, 0.25) is 5.02 Å². The second kappa shape index (κ2) is 6.92. The van der Waals surface area contributed by atoms with E-state index >= 15 is 0 Å². The van der Waals surface area contributed by atoms with Gasteiger partial charge in [-0.25, -0.2) is 0 Å². The molecular weight excluding hydrogens is 262 g/mol. The van der Waals surface area contributed by atoms with Gasteiger partial charge in [-0.2, -0.15) is 0 Å². The first-order chi connectivity index (χ1) is 8.98. The van der Waals surface area contributed by atoms with Crippen molar-refractivity contribution in [2.45, 2.75) is 33.6 Å². The van der Waals surface area contributed by atoms with E-state index in [2.05, 4.69) is 5.32 Å². The average Bonchev–Trinajstić information content (AvgIpc) is 2.43. The van der Waals surface area contributed by atoms with Crippen LogP contribution in [0.4, 0.5) is 0 Å². The number of halogens is 1. The van der Waals surface area contributed by atoms with Gasteiger partial charge in [0.25, 0.3) is 5.91 Å². The number of carbonyl (C=O) groups is 1. The molecule has 0 heterocycles. The number of hydrogen-bond donors (Lipinski definition) is 2. The predicted molar refractivity (Wildman–Crippen MR) is 78.6 cm³/mol. The number of nitrogens with one attached hydrogen (secondary N) is 1. The molecule has 0 atom stereocenters. The first kappa shape index (κ1) is 16.0. The van der Waals surface area contributed by atoms with Crippen LogP contribution in [-0.2, 0) is 0 Å². The van der Waals surface area contributed by atoms with Gasteiger partial charge < -0.3 is 10.4 Å². The summed E-state index contributed by atoms with van der Waals surface area (Å²) in [5, 5.41) is 13.0. The van der Waals surface area contributed by atoms with E-state index < -0.39 is 0 Å². The molecule has 0 bridgehead atoms. The second-order valence-corrected chi connectivity index (χ2v) is 5.42. The summed E-state index contributed by atoms with van der Waals surface area (Å²) in [6.07, 6.45) is 1.67. The zero-order valence-corrected chi connectivity index (χ0v) is 12.5. The molecular formula is C15H22ClNO2. The van der Waals surface area contributed by atoms with Crippen LogP contribution < -0.4 is 5.32 Å². The highest BCUT2D eigenvalue weighted by molar-refractivity contribution is 6.31. The normalized spacial score (nSPS) is 11.4. The molecule has 1 amide bonds. The first-order valence-electron chi connectivity index (χ1n) is 6.63. The maximum absolute atomic E-state index is 12.1. The highest BCUT2D eigenvalue weighted by atomic mass is 35.5. The molecule has 0 saturated carbocycles. The number of carbonyl (C=O) groups excluding carboxylic acids is 1. The first-order valence-corrected chi connectivity index (χ1v) is 7.01. The summed E-state index contributed by atoms with van der Waals surface area (Å²) in [6.45, 7) is 6.49. The number of benzene rings is 1. The van der Waals surface area contributed by atoms with Crippen molar-refractivity contribution in [2.75, 3.05) is 13.2 Å². The third-order valence-electron chi connectivity index (χ3n) is 3.88. The molecule has 0 aromatic heterocycles. The molecule has 1 aromatic rings. The number of rotatable bonds is 6. The highest BCUT2D eigenvalue weighted by Gasteiger charge is 2.25. The van der Waals surface area contributed by atoms with Gasteiger partial charge in [0.05, 0.1) is 6.61 Å². The fourth-order valence-corrected chi connectivity index (χ4v) is 2.05. The van der Waals surface area contributed by atoms with E-state index in [9.17, 15) is 9.90 Å². The minimum Gasteiger partial charge on any atom is -0.396 e. The van der Waals surface area contributed by atoms with Crippen LogP contribution in [0, 0.1) is 12.3 Å². The summed E-state index contributed by atoms with van der Waals surface area (Å²) in [5.74, 6) is -0.125. The number of amides is 1. The predicted octanol–water partition coefficient (Wildman–Crippen LogP) is 3.18. The van der Waals surface area contributed by atoms with Gasteiger partial charge in [-0.1, -0.05) is 25.4 Å². The molecule has 0 aliphatic heterocycles. The monoisotopic (exact) mass is 283 g/mol. The number of aliphatic hydroxyl groups is 1. The van der Waals surface area contributed by atoms with Crippen molar-refractivity contribution in [3.63, 3.8) is 0 Å². The third-order valence-corrected chi connectivity index (χ3v) is 4.30. The Morgan fingerprint density at radius 3 is 2.47 bits per heavy atom. The molecule has 0 aliphatic carbocycles. The molecule has 0 saturated heterocycles. The lowest BCUT2D eigenvalue weighted by Crippen LogP contribution is -2.39. The Balaban J connectivity index is 2.72. The van der Waals surface area contributed by atoms with Gasteiger partial charge in [0.1, 0.15) is 0 Å². The minimum absolute atomic E-state index is 0.0833. The summed E-state index contributed by atoms with van der Waals surface area (Å²) in [7, 11) is 0. The summed E-state index contributed by atoms with van der Waals surface area (Å²) < 4.78 is 0. The van der Waals surface area contributed by atoms with Crippen molar-refractivity contribution in [3.05, 3.63) is 34.3 Å². The van der Waals surface area contributed by atoms with Crippen LogP contribution in [0.1, 0.15) is 42.6 Å². The average molecular weight is 284 g/mol. The summed E-state index contributed by atoms with van der Waals surface area (Å²) in [6, 6.07) is 5.21. The number of hydrogen-bond acceptors (Lipinski definition) is 2. The second-order valence-electron chi connectivity index (χ2n) is 5.01. The van der Waals surface area contributed by atoms with E-state index in [1.807, 2.05) is 20.8 Å². The molecule has 0 aliphatic rings. The molecule has 19 heavy (non-hydrogen) atoms. The largest absolute Gasteiger partial charge is 0.396 e. The molecule has 0 spiro atoms. The van der Waals surface area contributed by atoms with Crippen molar-refractivity contribution in [2.24, 2.45) is 5.41 Å². The van der Waals surface area contributed by atoms with Crippen LogP contribution in [0.15, 0.2) is 18.2 Å². The standard InChI is InChI=1S/C15H22ClNO2/c1-4-15(5-2,10-18)9-17-14(19)12-6-7-13(16)11(3)8-12/h6-8,18H,4-5,9-10H2,1-3H3,(H,17,19). The van der Waals surface area contributed by atoms with Crippen LogP contribution in [0.25, 0.3) is 0 Å². The lowest BCUT2D eigenvalue weighted by atomic mass is 9.83. The van der Waals surface area contributed by atoms with E-state index in [0.29, 0.717) is 17.1 Å². The highest BCUT2D eigenvalue weighted by Crippen LogP contribution is 2.24. The molecule has 0 fully saturated rings. The molecule has 0 radical (unpaired) electrons. The molecule has 1 rings (SSSR count). The molecule has 106 valence electrons. The Morgan fingerprint density at radius 2 is 2.00 bits per heavy atom. The van der Waals surface area contributed by atoms with Gasteiger partial charge >= 0.3 is 0 Å². The fourth-order valence-electron chi connectivity index (χ4n) is 1.94. The Kier molecular flexibility index (Phi) is 5.83. The van der Waals surface area contributed by atoms with Gasteiger partial charge in [-0.05, 0) is 43.5 Å². The van der Waals surface area contributed by atoms with Crippen LogP contribution in [-0.4, -0.2) is 24.2 Å². The van der Waals surface area contributed by atoms with Crippen molar-refractivity contribution < 1.29 is 9.90 Å². The third kappa shape index (κ3) is 3.95. The van der Waals surface area contributed by atoms with Crippen LogP contribution in [0.3, 0.4) is 0 Å². The van der Waals surface area contributed by atoms with E-state index in [-0.39, 0.29) is 17.9 Å². The van der Waals surface area contributed by atoms with Gasteiger partial charge in [-0.3, -0.25) is 4.79 Å². The van der Waals surface area contributed by atoms with E-state index in [1.165, 1.54) is 0 Å². The number of aliphatic hydroxyl groups excluding tert-OH is 1. The Labute approximate surface area is 120 Å². The Morgan fingerprint density at radius 1 is 1.37 bits per heavy atom. The molecule has 2 N–H and O–H groups in total. The molecule has 4 heteroatoms. The van der Waals surface area contributed by atoms with Gasteiger partial charge in [0, 0.05) is 22.5 Å². The topological polar surface area (TPSA) is 49.3 Å². The quantitative estimate of drug-likeness (QED) is 0.842. The fraction of sp³-hybridized carbons (Fsp3) is 0.533. The minimum atomic E-state index is -0.225. The summed E-state index contributed by atoms with van der Waals surface area (Å²) >= 11 is 5.94. The van der Waals surface area contributed by atoms with E-state index in [1.54, 1.807) is 18.2 Å². The lowest BCUT2D eigenvalue weighted by molar-refractivity contribution is 0.0851. The molecule has 1 aromatic carbocycles.